The molecule has 0 radical (unpaired) electrons. The van der Waals surface area contributed by atoms with E-state index in [0.717, 1.165) is 54.6 Å². The van der Waals surface area contributed by atoms with Crippen molar-refractivity contribution in [1.82, 2.24) is 15.3 Å². The smallest absolute Gasteiger partial charge is 0.252 e. The maximum atomic E-state index is 12.5. The van der Waals surface area contributed by atoms with Gasteiger partial charge < -0.3 is 10.2 Å². The molecule has 0 bridgehead atoms. The molecule has 0 unspecified atom stereocenters. The molecule has 0 atom stereocenters. The average molecular weight is 356 g/mol. The summed E-state index contributed by atoms with van der Waals surface area (Å²) < 4.78 is 0. The molecule has 1 aliphatic heterocycles. The van der Waals surface area contributed by atoms with Crippen LogP contribution < -0.4 is 10.2 Å². The molecule has 132 valence electrons. The van der Waals surface area contributed by atoms with Gasteiger partial charge in [-0.15, -0.1) is 11.8 Å². The summed E-state index contributed by atoms with van der Waals surface area (Å²) in [6.45, 7) is 4.71. The van der Waals surface area contributed by atoms with Crippen molar-refractivity contribution in [1.29, 1.82) is 0 Å². The van der Waals surface area contributed by atoms with Crippen LogP contribution in [0.1, 0.15) is 30.1 Å². The zero-order valence-corrected chi connectivity index (χ0v) is 15.3. The van der Waals surface area contributed by atoms with Crippen molar-refractivity contribution in [2.24, 2.45) is 5.92 Å². The van der Waals surface area contributed by atoms with Crippen LogP contribution in [0, 0.1) is 5.92 Å². The molecule has 0 aliphatic carbocycles. The van der Waals surface area contributed by atoms with Crippen LogP contribution >= 0.6 is 11.8 Å². The fourth-order valence-corrected chi connectivity index (χ4v) is 3.86. The Morgan fingerprint density at radius 2 is 1.92 bits per heavy atom. The second kappa shape index (κ2) is 8.85. The fraction of sp³-hybridized carbons (Fsp3) is 0.421. The molecule has 1 saturated heterocycles. The summed E-state index contributed by atoms with van der Waals surface area (Å²) in [5, 5.41) is 3.12. The van der Waals surface area contributed by atoms with E-state index in [4.69, 9.17) is 0 Å². The van der Waals surface area contributed by atoms with E-state index in [-0.39, 0.29) is 5.91 Å². The highest BCUT2D eigenvalue weighted by molar-refractivity contribution is 7.99. The Morgan fingerprint density at radius 1 is 1.20 bits per heavy atom. The second-order valence-electron chi connectivity index (χ2n) is 6.12. The molecule has 1 fully saturated rings. The predicted octanol–water partition coefficient (Wildman–Crippen LogP) is 3.24. The molecule has 2 heterocycles. The van der Waals surface area contributed by atoms with Crippen molar-refractivity contribution in [2.75, 3.05) is 30.3 Å². The molecule has 1 aromatic heterocycles. The van der Waals surface area contributed by atoms with Crippen LogP contribution in [0.2, 0.25) is 0 Å². The number of carbonyl (C=O) groups excluding carboxylic acids is 1. The summed E-state index contributed by atoms with van der Waals surface area (Å²) in [4.78, 5) is 24.4. The van der Waals surface area contributed by atoms with Crippen molar-refractivity contribution in [3.63, 3.8) is 0 Å². The Bertz CT molecular complexity index is 687. The lowest BCUT2D eigenvalue weighted by atomic mass is 9.97. The molecule has 1 aliphatic rings. The van der Waals surface area contributed by atoms with Crippen LogP contribution in [0.5, 0.6) is 0 Å². The van der Waals surface area contributed by atoms with E-state index in [1.54, 1.807) is 24.2 Å². The number of anilines is 1. The number of benzene rings is 1. The van der Waals surface area contributed by atoms with Crippen LogP contribution in [0.15, 0.2) is 47.6 Å². The molecule has 0 saturated carbocycles. The number of nitrogens with zero attached hydrogens (tertiary/aromatic N) is 3. The first kappa shape index (κ1) is 17.7. The van der Waals surface area contributed by atoms with Gasteiger partial charge in [0.05, 0.1) is 5.56 Å². The molecule has 25 heavy (non-hydrogen) atoms. The lowest BCUT2D eigenvalue weighted by molar-refractivity contribution is 0.0942. The summed E-state index contributed by atoms with van der Waals surface area (Å²) in [5.74, 6) is 2.31. The number of piperidine rings is 1. The quantitative estimate of drug-likeness (QED) is 0.805. The number of hydrogen-bond acceptors (Lipinski definition) is 5. The molecule has 5 nitrogen and oxygen atoms in total. The van der Waals surface area contributed by atoms with E-state index < -0.39 is 0 Å². The predicted molar refractivity (Wildman–Crippen MR) is 102 cm³/mol. The SMILES string of the molecule is CCSc1ccccc1C(=O)NCC1CCN(c2ncccn2)CC1. The summed E-state index contributed by atoms with van der Waals surface area (Å²) in [7, 11) is 0. The maximum Gasteiger partial charge on any atom is 0.252 e. The minimum atomic E-state index is 0.0328. The highest BCUT2D eigenvalue weighted by atomic mass is 32.2. The first-order chi connectivity index (χ1) is 12.3. The normalized spacial score (nSPS) is 15.2. The molecule has 1 N–H and O–H groups in total. The minimum absolute atomic E-state index is 0.0328. The molecule has 3 rings (SSSR count). The number of amides is 1. The van der Waals surface area contributed by atoms with Gasteiger partial charge >= 0.3 is 0 Å². The molecule has 1 amide bonds. The number of rotatable bonds is 6. The monoisotopic (exact) mass is 356 g/mol. The lowest BCUT2D eigenvalue weighted by Gasteiger charge is -2.32. The van der Waals surface area contributed by atoms with Crippen molar-refractivity contribution in [3.05, 3.63) is 48.3 Å². The first-order valence-electron chi connectivity index (χ1n) is 8.80. The third-order valence-corrected chi connectivity index (χ3v) is 5.39. The zero-order valence-electron chi connectivity index (χ0n) is 14.5. The Kier molecular flexibility index (Phi) is 6.28. The van der Waals surface area contributed by atoms with Crippen LogP contribution in [0.3, 0.4) is 0 Å². The van der Waals surface area contributed by atoms with E-state index in [0.29, 0.717) is 5.92 Å². The Balaban J connectivity index is 1.49. The molecular weight excluding hydrogens is 332 g/mol. The first-order valence-corrected chi connectivity index (χ1v) is 9.78. The zero-order chi connectivity index (χ0) is 17.5. The number of nitrogens with one attached hydrogen (secondary N) is 1. The van der Waals surface area contributed by atoms with Gasteiger partial charge in [-0.05, 0) is 42.7 Å². The maximum absolute atomic E-state index is 12.5. The van der Waals surface area contributed by atoms with Crippen molar-refractivity contribution in [3.8, 4) is 0 Å². The Morgan fingerprint density at radius 3 is 2.64 bits per heavy atom. The minimum Gasteiger partial charge on any atom is -0.352 e. The summed E-state index contributed by atoms with van der Waals surface area (Å²) in [6, 6.07) is 9.66. The molecular formula is C19H24N4OS. The van der Waals surface area contributed by atoms with Crippen molar-refractivity contribution >= 4 is 23.6 Å². The topological polar surface area (TPSA) is 58.1 Å². The van der Waals surface area contributed by atoms with E-state index in [2.05, 4.69) is 27.1 Å². The lowest BCUT2D eigenvalue weighted by Crippen LogP contribution is -2.39. The van der Waals surface area contributed by atoms with E-state index in [1.807, 2.05) is 30.3 Å². The largest absolute Gasteiger partial charge is 0.352 e. The van der Waals surface area contributed by atoms with Gasteiger partial charge in [0, 0.05) is 36.9 Å². The van der Waals surface area contributed by atoms with Crippen LogP contribution in [0.25, 0.3) is 0 Å². The van der Waals surface area contributed by atoms with Gasteiger partial charge in [0.2, 0.25) is 5.95 Å². The summed E-state index contributed by atoms with van der Waals surface area (Å²) in [5.41, 5.74) is 0.782. The van der Waals surface area contributed by atoms with Crippen molar-refractivity contribution < 1.29 is 4.79 Å². The van der Waals surface area contributed by atoms with Crippen LogP contribution in [0.4, 0.5) is 5.95 Å². The second-order valence-corrected chi connectivity index (χ2v) is 7.42. The van der Waals surface area contributed by atoms with Crippen LogP contribution in [-0.4, -0.2) is 41.3 Å². The number of thioether (sulfide) groups is 1. The molecule has 1 aromatic carbocycles. The standard InChI is InChI=1S/C19H24N4OS/c1-2-25-17-7-4-3-6-16(17)18(24)22-14-15-8-12-23(13-9-15)19-20-10-5-11-21-19/h3-7,10-11,15H,2,8-9,12-14H2,1H3,(H,22,24). The molecule has 2 aromatic rings. The number of aromatic nitrogens is 2. The Labute approximate surface area is 153 Å². The molecule has 6 heteroatoms. The highest BCUT2D eigenvalue weighted by Crippen LogP contribution is 2.23. The third kappa shape index (κ3) is 4.72. The van der Waals surface area contributed by atoms with Gasteiger partial charge in [-0.2, -0.15) is 0 Å². The Hall–Kier alpha value is -2.08. The van der Waals surface area contributed by atoms with Gasteiger partial charge in [0.25, 0.3) is 5.91 Å². The van der Waals surface area contributed by atoms with Gasteiger partial charge in [0.15, 0.2) is 0 Å². The third-order valence-electron chi connectivity index (χ3n) is 4.43. The van der Waals surface area contributed by atoms with Crippen LogP contribution in [-0.2, 0) is 0 Å². The summed E-state index contributed by atoms with van der Waals surface area (Å²) >= 11 is 1.71. The van der Waals surface area contributed by atoms with E-state index in [9.17, 15) is 4.79 Å². The van der Waals surface area contributed by atoms with E-state index in [1.165, 1.54) is 0 Å². The number of carbonyl (C=O) groups is 1. The highest BCUT2D eigenvalue weighted by Gasteiger charge is 2.21. The number of hydrogen-bond donors (Lipinski definition) is 1. The van der Waals surface area contributed by atoms with E-state index >= 15 is 0 Å². The fourth-order valence-electron chi connectivity index (χ4n) is 3.06. The molecule has 0 spiro atoms. The van der Waals surface area contributed by atoms with Gasteiger partial charge in [-0.3, -0.25) is 4.79 Å². The van der Waals surface area contributed by atoms with Gasteiger partial charge in [-0.25, -0.2) is 9.97 Å². The van der Waals surface area contributed by atoms with Crippen molar-refractivity contribution in [2.45, 2.75) is 24.7 Å². The van der Waals surface area contributed by atoms with Gasteiger partial charge in [0.1, 0.15) is 0 Å². The average Bonchev–Trinajstić information content (AvgIpc) is 2.68. The summed E-state index contributed by atoms with van der Waals surface area (Å²) in [6.07, 6.45) is 5.65. The van der Waals surface area contributed by atoms with Gasteiger partial charge in [-0.1, -0.05) is 19.1 Å².